The molecule has 5 aliphatic rings. The molecule has 276 valence electrons. The first-order valence-corrected chi connectivity index (χ1v) is 17.8. The van der Waals surface area contributed by atoms with Gasteiger partial charge in [-0.25, -0.2) is 9.78 Å². The Morgan fingerprint density at radius 2 is 1.83 bits per heavy atom. The van der Waals surface area contributed by atoms with Crippen LogP contribution in [0.25, 0.3) is 0 Å². The average molecular weight is 721 g/mol. The third-order valence-electron chi connectivity index (χ3n) is 11.9. The van der Waals surface area contributed by atoms with Gasteiger partial charge in [-0.3, -0.25) is 14.2 Å². The SMILES string of the molecule is CC[C@H](NC(=O)[C@@H]1C[C@@](C)(NC(=O)Nc2ccccc2)c2ncc(NCc3cccc(C(F)(F)F)c3)c(=O)n21)B1O[C@@H]2C[C@@H]3C[C@@H](C3(C)C)[C@]2(C)O1. The molecule has 2 aliphatic heterocycles. The first kappa shape index (κ1) is 36.0. The Morgan fingerprint density at radius 3 is 2.52 bits per heavy atom. The van der Waals surface area contributed by atoms with Crippen LogP contribution in [0.5, 0.6) is 0 Å². The molecule has 0 radical (unpaired) electrons. The minimum Gasteiger partial charge on any atom is -0.404 e. The molecular weight excluding hydrogens is 676 g/mol. The minimum atomic E-state index is -4.52. The molecule has 3 heterocycles. The molecule has 3 aromatic rings. The van der Waals surface area contributed by atoms with E-state index >= 15 is 0 Å². The summed E-state index contributed by atoms with van der Waals surface area (Å²) in [6, 6.07) is 12.0. The van der Waals surface area contributed by atoms with Crippen LogP contribution in [0.15, 0.2) is 65.6 Å². The van der Waals surface area contributed by atoms with E-state index in [1.807, 2.05) is 13.0 Å². The summed E-state index contributed by atoms with van der Waals surface area (Å²) < 4.78 is 54.4. The zero-order valence-corrected chi connectivity index (χ0v) is 29.8. The number of hydrogen-bond donors (Lipinski definition) is 4. The third-order valence-corrected chi connectivity index (χ3v) is 11.9. The zero-order chi connectivity index (χ0) is 37.2. The fourth-order valence-electron chi connectivity index (χ4n) is 8.88. The maximum atomic E-state index is 14.3. The van der Waals surface area contributed by atoms with Crippen LogP contribution in [0.3, 0.4) is 0 Å². The number of anilines is 2. The van der Waals surface area contributed by atoms with Gasteiger partial charge in [-0.1, -0.05) is 51.1 Å². The highest BCUT2D eigenvalue weighted by Crippen LogP contribution is 2.65. The van der Waals surface area contributed by atoms with Crippen molar-refractivity contribution in [1.29, 1.82) is 0 Å². The lowest BCUT2D eigenvalue weighted by Gasteiger charge is -2.64. The highest BCUT2D eigenvalue weighted by atomic mass is 19.4. The van der Waals surface area contributed by atoms with Crippen LogP contribution in [0.2, 0.25) is 0 Å². The van der Waals surface area contributed by atoms with E-state index in [-0.39, 0.29) is 36.0 Å². The van der Waals surface area contributed by atoms with Crippen molar-refractivity contribution in [3.8, 4) is 0 Å². The normalized spacial score (nSPS) is 29.0. The number of fused-ring (bicyclic) bond motifs is 1. The molecule has 4 N–H and O–H groups in total. The summed E-state index contributed by atoms with van der Waals surface area (Å²) in [5.41, 5.74) is -2.15. The van der Waals surface area contributed by atoms with Crippen molar-refractivity contribution in [1.82, 2.24) is 20.2 Å². The first-order chi connectivity index (χ1) is 24.5. The number of hydrogen-bond acceptors (Lipinski definition) is 7. The molecule has 1 saturated heterocycles. The Kier molecular flexibility index (Phi) is 8.96. The van der Waals surface area contributed by atoms with Gasteiger partial charge in [-0.2, -0.15) is 13.2 Å². The van der Waals surface area contributed by atoms with Crippen LogP contribution in [0.1, 0.15) is 83.3 Å². The molecule has 0 spiro atoms. The molecule has 7 atom stereocenters. The summed E-state index contributed by atoms with van der Waals surface area (Å²) in [6.07, 6.45) is -0.849. The standard InChI is InChI=1S/C37H44BF3N6O5/c1-6-29(38-51-28-17-23-16-27(34(23,2)3)36(28,5)52-38)45-30(48)26-18-35(4,46-33(50)44-24-13-8-7-9-14-24)32-43-20-25(31(49)47(26)32)42-19-21-11-10-12-22(15-21)37(39,40)41/h7-15,20,23,26-29,42H,6,16-19H2,1-5H3,(H,45,48)(H2,44,46,50)/t23-,26-,27-,28+,29-,35+,36-/m0/s1. The van der Waals surface area contributed by atoms with Gasteiger partial charge >= 0.3 is 19.3 Å². The lowest BCUT2D eigenvalue weighted by Crippen LogP contribution is -2.65. The molecule has 2 bridgehead atoms. The quantitative estimate of drug-likeness (QED) is 0.199. The second-order valence-electron chi connectivity index (χ2n) is 15.6. The van der Waals surface area contributed by atoms with Crippen molar-refractivity contribution < 1.29 is 32.1 Å². The third kappa shape index (κ3) is 6.25. The van der Waals surface area contributed by atoms with Gasteiger partial charge in [0.15, 0.2) is 0 Å². The van der Waals surface area contributed by atoms with E-state index in [0.717, 1.165) is 25.0 Å². The number of para-hydroxylation sites is 1. The fourth-order valence-corrected chi connectivity index (χ4v) is 8.88. The van der Waals surface area contributed by atoms with E-state index in [2.05, 4.69) is 47.0 Å². The molecule has 52 heavy (non-hydrogen) atoms. The van der Waals surface area contributed by atoms with Gasteiger partial charge in [-0.05, 0) is 80.2 Å². The Hall–Kier alpha value is -4.37. The van der Waals surface area contributed by atoms with Gasteiger partial charge in [0, 0.05) is 18.7 Å². The average Bonchev–Trinajstić information content (AvgIpc) is 3.61. The summed E-state index contributed by atoms with van der Waals surface area (Å²) in [7, 11) is -0.684. The molecule has 11 nitrogen and oxygen atoms in total. The van der Waals surface area contributed by atoms with E-state index in [1.54, 1.807) is 31.2 Å². The van der Waals surface area contributed by atoms with Crippen molar-refractivity contribution in [3.05, 3.63) is 88.1 Å². The zero-order valence-electron chi connectivity index (χ0n) is 29.8. The number of benzene rings is 2. The summed E-state index contributed by atoms with van der Waals surface area (Å²) in [5, 5.41) is 11.7. The second kappa shape index (κ2) is 12.9. The van der Waals surface area contributed by atoms with Gasteiger partial charge in [0.25, 0.3) is 5.56 Å². The van der Waals surface area contributed by atoms with Crippen LogP contribution in [-0.2, 0) is 32.4 Å². The number of carbonyl (C=O) groups excluding carboxylic acids is 2. The number of urea groups is 1. The number of alkyl halides is 3. The molecular formula is C37H44BF3N6O5. The molecule has 15 heteroatoms. The van der Waals surface area contributed by atoms with Crippen LogP contribution < -0.4 is 26.8 Å². The maximum Gasteiger partial charge on any atom is 0.481 e. The minimum absolute atomic E-state index is 0.00145. The number of nitrogens with zero attached hydrogens (tertiary/aromatic N) is 2. The van der Waals surface area contributed by atoms with Crippen molar-refractivity contribution in [2.75, 3.05) is 10.6 Å². The van der Waals surface area contributed by atoms with Crippen molar-refractivity contribution in [2.24, 2.45) is 17.3 Å². The van der Waals surface area contributed by atoms with Gasteiger partial charge in [-0.15, -0.1) is 0 Å². The second-order valence-corrected chi connectivity index (χ2v) is 15.6. The molecule has 3 aliphatic carbocycles. The monoisotopic (exact) mass is 720 g/mol. The molecule has 3 saturated carbocycles. The molecule has 3 amide bonds. The number of halogens is 3. The lowest BCUT2D eigenvalue weighted by molar-refractivity contribution is -0.199. The first-order valence-electron chi connectivity index (χ1n) is 17.8. The highest BCUT2D eigenvalue weighted by molar-refractivity contribution is 6.47. The van der Waals surface area contributed by atoms with Crippen LogP contribution in [-0.4, -0.2) is 46.3 Å². The van der Waals surface area contributed by atoms with Crippen molar-refractivity contribution in [3.63, 3.8) is 0 Å². The van der Waals surface area contributed by atoms with Gasteiger partial charge in [0.2, 0.25) is 5.91 Å². The molecule has 2 aromatic carbocycles. The topological polar surface area (TPSA) is 136 Å². The highest BCUT2D eigenvalue weighted by Gasteiger charge is 2.68. The van der Waals surface area contributed by atoms with Crippen LogP contribution in [0, 0.1) is 17.3 Å². The predicted octanol–water partition coefficient (Wildman–Crippen LogP) is 6.02. The fraction of sp³-hybridized carbons (Fsp3) is 0.514. The number of nitrogens with one attached hydrogen (secondary N) is 4. The maximum absolute atomic E-state index is 14.3. The van der Waals surface area contributed by atoms with E-state index < -0.39 is 59.5 Å². The Labute approximate surface area is 300 Å². The van der Waals surface area contributed by atoms with Gasteiger partial charge in [0.05, 0.1) is 34.9 Å². The smallest absolute Gasteiger partial charge is 0.404 e. The Morgan fingerprint density at radius 1 is 1.08 bits per heavy atom. The number of amides is 3. The van der Waals surface area contributed by atoms with Crippen molar-refractivity contribution >= 4 is 30.4 Å². The summed E-state index contributed by atoms with van der Waals surface area (Å²) in [5.74, 6) is 0.0580. The molecule has 1 aromatic heterocycles. The van der Waals surface area contributed by atoms with Crippen LogP contribution >= 0.6 is 0 Å². The summed E-state index contributed by atoms with van der Waals surface area (Å²) >= 11 is 0. The number of rotatable bonds is 9. The Bertz CT molecular complexity index is 1930. The number of aromatic nitrogens is 2. The van der Waals surface area contributed by atoms with Gasteiger partial charge < -0.3 is 30.6 Å². The summed E-state index contributed by atoms with van der Waals surface area (Å²) in [6.45, 7) is 10.2. The van der Waals surface area contributed by atoms with Crippen molar-refractivity contribution in [2.45, 2.75) is 102 Å². The molecule has 8 rings (SSSR count). The van der Waals surface area contributed by atoms with E-state index in [1.165, 1.54) is 22.9 Å². The Balaban J connectivity index is 1.14. The number of carbonyl (C=O) groups is 2. The van der Waals surface area contributed by atoms with E-state index in [0.29, 0.717) is 29.5 Å². The molecule has 0 unspecified atom stereocenters. The van der Waals surface area contributed by atoms with Crippen LogP contribution in [0.4, 0.5) is 29.3 Å². The lowest BCUT2D eigenvalue weighted by atomic mass is 9.43. The molecule has 4 fully saturated rings. The largest absolute Gasteiger partial charge is 0.481 e. The summed E-state index contributed by atoms with van der Waals surface area (Å²) in [4.78, 5) is 46.2. The van der Waals surface area contributed by atoms with E-state index in [9.17, 15) is 27.6 Å². The predicted molar refractivity (Wildman–Crippen MR) is 189 cm³/mol. The van der Waals surface area contributed by atoms with Gasteiger partial charge in [0.1, 0.15) is 17.6 Å². The van der Waals surface area contributed by atoms with E-state index in [4.69, 9.17) is 9.31 Å².